The lowest BCUT2D eigenvalue weighted by Gasteiger charge is -2.22. The fourth-order valence-electron chi connectivity index (χ4n) is 3.42. The topological polar surface area (TPSA) is 104 Å². The monoisotopic (exact) mass is 346 g/mol. The molecular formula is C18H14N6O2. The second kappa shape index (κ2) is 5.69. The van der Waals surface area contributed by atoms with Crippen molar-refractivity contribution < 1.29 is 9.21 Å². The van der Waals surface area contributed by atoms with Gasteiger partial charge in [-0.25, -0.2) is 4.98 Å². The fourth-order valence-corrected chi connectivity index (χ4v) is 3.42. The Kier molecular flexibility index (Phi) is 3.21. The standard InChI is InChI=1S/C18H14N6O2/c25-18(15-4-6-21-23-15)24-9-12-7-11(14-3-5-20-22-14)1-2-13(12)17(24)16-8-19-10-26-16/h1-8,10,17H,9H2,(H,20,22)(H,21,23)/t17-/m0/s1. The van der Waals surface area contributed by atoms with E-state index in [9.17, 15) is 4.79 Å². The maximum absolute atomic E-state index is 13.0. The molecule has 0 saturated carbocycles. The largest absolute Gasteiger partial charge is 0.446 e. The molecule has 0 bridgehead atoms. The van der Waals surface area contributed by atoms with Gasteiger partial charge in [-0.1, -0.05) is 12.1 Å². The number of amides is 1. The number of aromatic nitrogens is 5. The third kappa shape index (κ3) is 2.23. The molecule has 5 rings (SSSR count). The van der Waals surface area contributed by atoms with Crippen molar-refractivity contribution in [2.24, 2.45) is 0 Å². The second-order valence-corrected chi connectivity index (χ2v) is 6.09. The summed E-state index contributed by atoms with van der Waals surface area (Å²) >= 11 is 0. The first-order valence-corrected chi connectivity index (χ1v) is 8.12. The number of carbonyl (C=O) groups excluding carboxylic acids is 1. The van der Waals surface area contributed by atoms with Gasteiger partial charge in [0.25, 0.3) is 5.91 Å². The fraction of sp³-hybridized carbons (Fsp3) is 0.111. The van der Waals surface area contributed by atoms with Gasteiger partial charge in [0.05, 0.1) is 11.9 Å². The molecule has 1 amide bonds. The molecule has 128 valence electrons. The number of fused-ring (bicyclic) bond motifs is 1. The molecule has 8 nitrogen and oxygen atoms in total. The van der Waals surface area contributed by atoms with E-state index in [1.54, 1.807) is 29.6 Å². The van der Waals surface area contributed by atoms with Gasteiger partial charge >= 0.3 is 0 Å². The molecule has 0 unspecified atom stereocenters. The maximum Gasteiger partial charge on any atom is 0.273 e. The van der Waals surface area contributed by atoms with Crippen LogP contribution in [-0.2, 0) is 6.54 Å². The minimum absolute atomic E-state index is 0.136. The van der Waals surface area contributed by atoms with Crippen LogP contribution in [0.15, 0.2) is 59.7 Å². The van der Waals surface area contributed by atoms with Gasteiger partial charge in [0.1, 0.15) is 11.7 Å². The predicted molar refractivity (Wildman–Crippen MR) is 90.8 cm³/mol. The molecule has 1 aliphatic rings. The van der Waals surface area contributed by atoms with Crippen LogP contribution in [0.2, 0.25) is 0 Å². The molecule has 1 aromatic carbocycles. The molecule has 0 aliphatic carbocycles. The van der Waals surface area contributed by atoms with E-state index in [1.807, 2.05) is 18.2 Å². The maximum atomic E-state index is 13.0. The molecule has 26 heavy (non-hydrogen) atoms. The van der Waals surface area contributed by atoms with E-state index in [2.05, 4.69) is 31.4 Å². The number of hydrogen-bond acceptors (Lipinski definition) is 5. The average molecular weight is 346 g/mol. The summed E-state index contributed by atoms with van der Waals surface area (Å²) in [7, 11) is 0. The zero-order valence-electron chi connectivity index (χ0n) is 13.6. The van der Waals surface area contributed by atoms with E-state index in [4.69, 9.17) is 4.42 Å². The molecule has 3 aromatic heterocycles. The zero-order valence-corrected chi connectivity index (χ0v) is 13.6. The first-order chi connectivity index (χ1) is 12.8. The third-order valence-corrected chi connectivity index (χ3v) is 4.61. The number of benzene rings is 1. The Bertz CT molecular complexity index is 1040. The van der Waals surface area contributed by atoms with E-state index in [1.165, 1.54) is 6.39 Å². The van der Waals surface area contributed by atoms with Crippen molar-refractivity contribution >= 4 is 5.91 Å². The van der Waals surface area contributed by atoms with Crippen molar-refractivity contribution in [2.45, 2.75) is 12.6 Å². The van der Waals surface area contributed by atoms with Crippen molar-refractivity contribution in [1.82, 2.24) is 30.3 Å². The summed E-state index contributed by atoms with van der Waals surface area (Å²) in [6.45, 7) is 0.473. The minimum atomic E-state index is -0.320. The Morgan fingerprint density at radius 3 is 2.77 bits per heavy atom. The number of nitrogens with one attached hydrogen (secondary N) is 2. The normalized spacial score (nSPS) is 16.0. The van der Waals surface area contributed by atoms with Crippen LogP contribution < -0.4 is 0 Å². The molecular weight excluding hydrogens is 332 g/mol. The molecule has 8 heteroatoms. The van der Waals surface area contributed by atoms with Gasteiger partial charge in [-0.05, 0) is 34.9 Å². The average Bonchev–Trinajstić information content (AvgIpc) is 3.47. The van der Waals surface area contributed by atoms with Crippen LogP contribution in [0.1, 0.15) is 33.4 Å². The van der Waals surface area contributed by atoms with Crippen molar-refractivity contribution in [3.8, 4) is 11.3 Å². The van der Waals surface area contributed by atoms with Crippen molar-refractivity contribution in [3.63, 3.8) is 0 Å². The molecule has 0 saturated heterocycles. The summed E-state index contributed by atoms with van der Waals surface area (Å²) in [5, 5.41) is 13.6. The van der Waals surface area contributed by atoms with Crippen molar-refractivity contribution in [3.05, 3.63) is 77.9 Å². The Labute approximate surface area is 147 Å². The Balaban J connectivity index is 1.59. The van der Waals surface area contributed by atoms with Crippen LogP contribution in [0.3, 0.4) is 0 Å². The minimum Gasteiger partial charge on any atom is -0.446 e. The van der Waals surface area contributed by atoms with Crippen LogP contribution >= 0.6 is 0 Å². The summed E-state index contributed by atoms with van der Waals surface area (Å²) in [5.74, 6) is 0.495. The quantitative estimate of drug-likeness (QED) is 0.593. The van der Waals surface area contributed by atoms with Crippen LogP contribution in [-0.4, -0.2) is 36.2 Å². The molecule has 0 fully saturated rings. The second-order valence-electron chi connectivity index (χ2n) is 6.09. The molecule has 4 aromatic rings. The van der Waals surface area contributed by atoms with Crippen LogP contribution in [0, 0.1) is 0 Å². The molecule has 1 atom stereocenters. The number of rotatable bonds is 3. The highest BCUT2D eigenvalue weighted by Crippen LogP contribution is 2.40. The van der Waals surface area contributed by atoms with Gasteiger partial charge in [0.15, 0.2) is 12.2 Å². The van der Waals surface area contributed by atoms with Gasteiger partial charge < -0.3 is 9.32 Å². The summed E-state index contributed by atoms with van der Waals surface area (Å²) in [6, 6.07) is 9.38. The summed E-state index contributed by atoms with van der Waals surface area (Å²) < 4.78 is 5.53. The number of nitrogens with zero attached hydrogens (tertiary/aromatic N) is 4. The van der Waals surface area contributed by atoms with Crippen LogP contribution in [0.25, 0.3) is 11.3 Å². The van der Waals surface area contributed by atoms with E-state index in [-0.39, 0.29) is 11.9 Å². The Hall–Kier alpha value is -3.68. The number of H-pyrrole nitrogens is 2. The predicted octanol–water partition coefficient (Wildman–Crippen LogP) is 2.53. The van der Waals surface area contributed by atoms with Gasteiger partial charge in [-0.15, -0.1) is 0 Å². The first kappa shape index (κ1) is 14.6. The number of carbonyl (C=O) groups is 1. The van der Waals surface area contributed by atoms with Crippen LogP contribution in [0.4, 0.5) is 0 Å². The highest BCUT2D eigenvalue weighted by molar-refractivity contribution is 5.93. The first-order valence-electron chi connectivity index (χ1n) is 8.12. The lowest BCUT2D eigenvalue weighted by molar-refractivity contribution is 0.0697. The Morgan fingerprint density at radius 1 is 1.15 bits per heavy atom. The summed E-state index contributed by atoms with van der Waals surface area (Å²) in [5.41, 5.74) is 4.48. The van der Waals surface area contributed by atoms with E-state index >= 15 is 0 Å². The van der Waals surface area contributed by atoms with Gasteiger partial charge in [-0.3, -0.25) is 15.0 Å². The summed E-state index contributed by atoms with van der Waals surface area (Å²) in [6.07, 6.45) is 6.31. The highest BCUT2D eigenvalue weighted by atomic mass is 16.3. The molecule has 0 spiro atoms. The lowest BCUT2D eigenvalue weighted by atomic mass is 9.99. The molecule has 1 aliphatic heterocycles. The zero-order chi connectivity index (χ0) is 17.5. The van der Waals surface area contributed by atoms with Crippen LogP contribution in [0.5, 0.6) is 0 Å². The van der Waals surface area contributed by atoms with Gasteiger partial charge in [0, 0.05) is 18.9 Å². The van der Waals surface area contributed by atoms with Crippen molar-refractivity contribution in [2.75, 3.05) is 0 Å². The van der Waals surface area contributed by atoms with Gasteiger partial charge in [0.2, 0.25) is 0 Å². The number of aromatic amines is 2. The Morgan fingerprint density at radius 2 is 2.04 bits per heavy atom. The third-order valence-electron chi connectivity index (χ3n) is 4.61. The number of oxazole rings is 1. The van der Waals surface area contributed by atoms with E-state index in [0.717, 1.165) is 22.4 Å². The lowest BCUT2D eigenvalue weighted by Crippen LogP contribution is -2.30. The SMILES string of the molecule is O=C(c1ccn[nH]1)N1Cc2cc(-c3ccn[nH]3)ccc2[C@H]1c1cnco1. The molecule has 4 heterocycles. The molecule has 2 N–H and O–H groups in total. The van der Waals surface area contributed by atoms with Crippen molar-refractivity contribution in [1.29, 1.82) is 0 Å². The highest BCUT2D eigenvalue weighted by Gasteiger charge is 2.37. The summed E-state index contributed by atoms with van der Waals surface area (Å²) in [4.78, 5) is 18.7. The number of hydrogen-bond donors (Lipinski definition) is 2. The van der Waals surface area contributed by atoms with E-state index < -0.39 is 0 Å². The smallest absolute Gasteiger partial charge is 0.273 e. The van der Waals surface area contributed by atoms with E-state index in [0.29, 0.717) is 18.0 Å². The van der Waals surface area contributed by atoms with Gasteiger partial charge in [-0.2, -0.15) is 10.2 Å². The molecule has 0 radical (unpaired) electrons.